The second kappa shape index (κ2) is 3.40. The van der Waals surface area contributed by atoms with Gasteiger partial charge in [-0.2, -0.15) is 11.3 Å². The van der Waals surface area contributed by atoms with Crippen molar-refractivity contribution in [2.45, 2.75) is 0 Å². The van der Waals surface area contributed by atoms with Crippen molar-refractivity contribution in [3.63, 3.8) is 0 Å². The number of benzene rings is 1. The Morgan fingerprint density at radius 2 is 2.07 bits per heavy atom. The molecule has 0 N–H and O–H groups in total. The first-order valence-electron chi connectivity index (χ1n) is 4.64. The number of thiophene rings is 1. The molecule has 0 aliphatic heterocycles. The number of hydrogen-bond acceptors (Lipinski definition) is 1. The monoisotopic (exact) mass is 233 g/mol. The maximum absolute atomic E-state index is 6.20. The molecule has 0 spiro atoms. The van der Waals surface area contributed by atoms with Crippen molar-refractivity contribution in [1.29, 1.82) is 0 Å². The molecule has 0 radical (unpaired) electrons. The Morgan fingerprint density at radius 3 is 2.87 bits per heavy atom. The molecular formula is C12H8ClNS. The molecule has 0 aliphatic rings. The molecule has 15 heavy (non-hydrogen) atoms. The van der Waals surface area contributed by atoms with Crippen molar-refractivity contribution < 1.29 is 0 Å². The van der Waals surface area contributed by atoms with E-state index in [1.54, 1.807) is 11.3 Å². The van der Waals surface area contributed by atoms with Gasteiger partial charge in [-0.05, 0) is 23.6 Å². The Morgan fingerprint density at radius 1 is 1.13 bits per heavy atom. The third-order valence-electron chi connectivity index (χ3n) is 2.45. The summed E-state index contributed by atoms with van der Waals surface area (Å²) in [5.41, 5.74) is 2.25. The summed E-state index contributed by atoms with van der Waals surface area (Å²) < 4.78 is 2.12. The summed E-state index contributed by atoms with van der Waals surface area (Å²) in [5.74, 6) is 0. The van der Waals surface area contributed by atoms with E-state index in [0.717, 1.165) is 10.5 Å². The molecular weight excluding hydrogens is 226 g/mol. The summed E-state index contributed by atoms with van der Waals surface area (Å²) in [7, 11) is 0. The van der Waals surface area contributed by atoms with Crippen molar-refractivity contribution >= 4 is 33.8 Å². The molecule has 0 aliphatic carbocycles. The standard InChI is InChI=1S/C12H8ClNS/c13-11-3-1-2-9-4-6-14(12(9)11)10-5-7-15-8-10/h1-8H. The van der Waals surface area contributed by atoms with Crippen LogP contribution in [0.15, 0.2) is 47.3 Å². The lowest BCUT2D eigenvalue weighted by Crippen LogP contribution is -1.88. The Labute approximate surface area is 96.5 Å². The second-order valence-corrected chi connectivity index (χ2v) is 4.53. The molecule has 2 heterocycles. The molecule has 0 fully saturated rings. The van der Waals surface area contributed by atoms with E-state index in [9.17, 15) is 0 Å². The number of aromatic nitrogens is 1. The molecule has 0 atom stereocenters. The minimum atomic E-state index is 0.795. The molecule has 0 bridgehead atoms. The summed E-state index contributed by atoms with van der Waals surface area (Å²) in [4.78, 5) is 0. The van der Waals surface area contributed by atoms with Gasteiger partial charge in [-0.15, -0.1) is 0 Å². The van der Waals surface area contributed by atoms with Gasteiger partial charge in [-0.3, -0.25) is 0 Å². The van der Waals surface area contributed by atoms with Crippen molar-refractivity contribution in [3.05, 3.63) is 52.3 Å². The minimum Gasteiger partial charge on any atom is -0.314 e. The fourth-order valence-corrected chi connectivity index (χ4v) is 2.66. The molecule has 3 heteroatoms. The van der Waals surface area contributed by atoms with E-state index in [1.165, 1.54) is 11.1 Å². The van der Waals surface area contributed by atoms with E-state index in [0.29, 0.717) is 0 Å². The van der Waals surface area contributed by atoms with Gasteiger partial charge in [-0.25, -0.2) is 0 Å². The van der Waals surface area contributed by atoms with Crippen LogP contribution in [0.5, 0.6) is 0 Å². The highest BCUT2D eigenvalue weighted by Gasteiger charge is 2.06. The van der Waals surface area contributed by atoms with Crippen LogP contribution in [0.3, 0.4) is 0 Å². The molecule has 0 amide bonds. The van der Waals surface area contributed by atoms with Crippen LogP contribution >= 0.6 is 22.9 Å². The first kappa shape index (κ1) is 9.01. The Bertz CT molecular complexity index is 595. The number of para-hydroxylation sites is 1. The molecule has 2 aromatic heterocycles. The summed E-state index contributed by atoms with van der Waals surface area (Å²) in [6, 6.07) is 10.1. The zero-order chi connectivity index (χ0) is 10.3. The average Bonchev–Trinajstić information content (AvgIpc) is 2.85. The van der Waals surface area contributed by atoms with Crippen LogP contribution in [0.1, 0.15) is 0 Å². The molecule has 1 nitrogen and oxygen atoms in total. The maximum atomic E-state index is 6.20. The van der Waals surface area contributed by atoms with Gasteiger partial charge >= 0.3 is 0 Å². The van der Waals surface area contributed by atoms with Gasteiger partial charge in [0.25, 0.3) is 0 Å². The highest BCUT2D eigenvalue weighted by atomic mass is 35.5. The first-order chi connectivity index (χ1) is 7.36. The van der Waals surface area contributed by atoms with Gasteiger partial charge in [0.15, 0.2) is 0 Å². The summed E-state index contributed by atoms with van der Waals surface area (Å²) in [6.07, 6.45) is 2.05. The van der Waals surface area contributed by atoms with E-state index < -0.39 is 0 Å². The quantitative estimate of drug-likeness (QED) is 0.589. The Balaban J connectivity index is 2.37. The van der Waals surface area contributed by atoms with Gasteiger partial charge in [0.1, 0.15) is 0 Å². The Hall–Kier alpha value is -1.25. The number of fused-ring (bicyclic) bond motifs is 1. The fourth-order valence-electron chi connectivity index (χ4n) is 1.76. The van der Waals surface area contributed by atoms with E-state index in [1.807, 2.05) is 12.1 Å². The van der Waals surface area contributed by atoms with Crippen molar-refractivity contribution in [1.82, 2.24) is 4.57 Å². The van der Waals surface area contributed by atoms with Crippen molar-refractivity contribution in [2.75, 3.05) is 0 Å². The molecule has 1 aromatic carbocycles. The smallest absolute Gasteiger partial charge is 0.0715 e. The number of nitrogens with zero attached hydrogens (tertiary/aromatic N) is 1. The van der Waals surface area contributed by atoms with Gasteiger partial charge in [0.2, 0.25) is 0 Å². The van der Waals surface area contributed by atoms with Crippen LogP contribution in [-0.4, -0.2) is 4.57 Å². The number of halogens is 1. The highest BCUT2D eigenvalue weighted by Crippen LogP contribution is 2.27. The maximum Gasteiger partial charge on any atom is 0.0715 e. The molecule has 3 aromatic rings. The lowest BCUT2D eigenvalue weighted by molar-refractivity contribution is 1.14. The largest absolute Gasteiger partial charge is 0.314 e. The summed E-state index contributed by atoms with van der Waals surface area (Å²) >= 11 is 7.89. The van der Waals surface area contributed by atoms with Gasteiger partial charge in [0.05, 0.1) is 16.2 Å². The SMILES string of the molecule is Clc1cccc2ccn(-c3ccsc3)c12. The second-order valence-electron chi connectivity index (χ2n) is 3.34. The minimum absolute atomic E-state index is 0.795. The first-order valence-corrected chi connectivity index (χ1v) is 5.96. The normalized spacial score (nSPS) is 11.0. The van der Waals surface area contributed by atoms with E-state index in [2.05, 4.69) is 39.7 Å². The zero-order valence-electron chi connectivity index (χ0n) is 7.85. The molecule has 74 valence electrons. The molecule has 0 saturated carbocycles. The van der Waals surface area contributed by atoms with E-state index in [4.69, 9.17) is 11.6 Å². The van der Waals surface area contributed by atoms with Crippen LogP contribution in [0.2, 0.25) is 5.02 Å². The van der Waals surface area contributed by atoms with Crippen LogP contribution in [0, 0.1) is 0 Å². The van der Waals surface area contributed by atoms with Crippen LogP contribution in [0.4, 0.5) is 0 Å². The van der Waals surface area contributed by atoms with E-state index >= 15 is 0 Å². The molecule has 0 saturated heterocycles. The predicted molar refractivity (Wildman–Crippen MR) is 66.2 cm³/mol. The van der Waals surface area contributed by atoms with E-state index in [-0.39, 0.29) is 0 Å². The fraction of sp³-hybridized carbons (Fsp3) is 0. The van der Waals surface area contributed by atoms with Crippen molar-refractivity contribution in [2.24, 2.45) is 0 Å². The third kappa shape index (κ3) is 1.37. The van der Waals surface area contributed by atoms with Gasteiger partial charge in [-0.1, -0.05) is 23.7 Å². The molecule has 0 unspecified atom stereocenters. The third-order valence-corrected chi connectivity index (χ3v) is 3.42. The zero-order valence-corrected chi connectivity index (χ0v) is 9.42. The number of hydrogen-bond donors (Lipinski definition) is 0. The Kier molecular flexibility index (Phi) is 2.04. The average molecular weight is 234 g/mol. The summed E-state index contributed by atoms with van der Waals surface area (Å²) in [6.45, 7) is 0. The number of rotatable bonds is 1. The lowest BCUT2D eigenvalue weighted by atomic mass is 10.2. The summed E-state index contributed by atoms with van der Waals surface area (Å²) in [5, 5.41) is 6.15. The predicted octanol–water partition coefficient (Wildman–Crippen LogP) is 4.35. The van der Waals surface area contributed by atoms with Crippen LogP contribution < -0.4 is 0 Å². The topological polar surface area (TPSA) is 4.93 Å². The molecule has 3 rings (SSSR count). The van der Waals surface area contributed by atoms with Gasteiger partial charge < -0.3 is 4.57 Å². The van der Waals surface area contributed by atoms with Crippen molar-refractivity contribution in [3.8, 4) is 5.69 Å². The van der Waals surface area contributed by atoms with Crippen LogP contribution in [-0.2, 0) is 0 Å². The lowest BCUT2D eigenvalue weighted by Gasteiger charge is -2.03. The van der Waals surface area contributed by atoms with Crippen LogP contribution in [0.25, 0.3) is 16.6 Å². The van der Waals surface area contributed by atoms with Gasteiger partial charge in [0, 0.05) is 17.0 Å². The highest BCUT2D eigenvalue weighted by molar-refractivity contribution is 7.08.